The number of benzene rings is 1. The molecule has 0 saturated carbocycles. The van der Waals surface area contributed by atoms with Crippen molar-refractivity contribution in [3.05, 3.63) is 65.5 Å². The molecule has 0 heterocycles. The lowest BCUT2D eigenvalue weighted by Crippen LogP contribution is -1.83. The number of aliphatic hydroxyl groups is 1. The molecular weight excluding hydrogens is 240 g/mol. The van der Waals surface area contributed by atoms with Gasteiger partial charge in [-0.1, -0.05) is 24.3 Å². The Hall–Kier alpha value is -2.42. The third-order valence-electron chi connectivity index (χ3n) is 2.74. The Morgan fingerprint density at radius 2 is 1.89 bits per heavy atom. The molecule has 2 rings (SSSR count). The second-order valence-corrected chi connectivity index (χ2v) is 4.20. The Balaban J connectivity index is 2.17. The fourth-order valence-electron chi connectivity index (χ4n) is 1.77. The van der Waals surface area contributed by atoms with Crippen LogP contribution in [-0.4, -0.2) is 17.3 Å². The summed E-state index contributed by atoms with van der Waals surface area (Å²) in [6.07, 6.45) is 11.8. The van der Waals surface area contributed by atoms with Crippen molar-refractivity contribution in [2.24, 2.45) is 0 Å². The van der Waals surface area contributed by atoms with Gasteiger partial charge >= 0.3 is 0 Å². The average Bonchev–Trinajstić information content (AvgIpc) is 2.60. The minimum atomic E-state index is 0.170. The molecule has 2 N–H and O–H groups in total. The lowest BCUT2D eigenvalue weighted by molar-refractivity contribution is 0.407. The van der Waals surface area contributed by atoms with E-state index < -0.39 is 0 Å². The van der Waals surface area contributed by atoms with E-state index in [9.17, 15) is 10.2 Å². The third-order valence-corrected chi connectivity index (χ3v) is 2.74. The van der Waals surface area contributed by atoms with Gasteiger partial charge in [0.1, 0.15) is 17.3 Å². The van der Waals surface area contributed by atoms with Crippen LogP contribution < -0.4 is 4.74 Å². The van der Waals surface area contributed by atoms with E-state index in [4.69, 9.17) is 4.74 Å². The quantitative estimate of drug-likeness (QED) is 0.866. The highest BCUT2D eigenvalue weighted by atomic mass is 16.5. The van der Waals surface area contributed by atoms with E-state index in [-0.39, 0.29) is 11.5 Å². The maximum absolute atomic E-state index is 9.56. The van der Waals surface area contributed by atoms with Gasteiger partial charge in [-0.2, -0.15) is 0 Å². The zero-order chi connectivity index (χ0) is 13.7. The van der Waals surface area contributed by atoms with Gasteiger partial charge in [-0.05, 0) is 41.8 Å². The number of hydrogen-bond donors (Lipinski definition) is 2. The van der Waals surface area contributed by atoms with Crippen LogP contribution in [0.5, 0.6) is 11.5 Å². The van der Waals surface area contributed by atoms with Crippen molar-refractivity contribution in [2.45, 2.75) is 6.42 Å². The molecule has 0 bridgehead atoms. The molecule has 0 atom stereocenters. The first-order valence-corrected chi connectivity index (χ1v) is 6.01. The van der Waals surface area contributed by atoms with Crippen LogP contribution in [0.2, 0.25) is 0 Å². The molecule has 0 spiro atoms. The van der Waals surface area contributed by atoms with Crippen LogP contribution >= 0.6 is 0 Å². The topological polar surface area (TPSA) is 49.7 Å². The molecule has 0 unspecified atom stereocenters. The Morgan fingerprint density at radius 3 is 2.68 bits per heavy atom. The molecule has 0 fully saturated rings. The number of allylic oxidation sites excluding steroid dienone is 6. The Morgan fingerprint density at radius 1 is 1.05 bits per heavy atom. The number of phenols is 1. The van der Waals surface area contributed by atoms with E-state index in [1.807, 2.05) is 30.4 Å². The van der Waals surface area contributed by atoms with Crippen LogP contribution in [0, 0.1) is 0 Å². The summed E-state index contributed by atoms with van der Waals surface area (Å²) in [5.74, 6) is 1.06. The fraction of sp³-hybridized carbons (Fsp3) is 0.125. The monoisotopic (exact) mass is 256 g/mol. The third kappa shape index (κ3) is 3.78. The maximum atomic E-state index is 9.56. The normalized spacial score (nSPS) is 15.0. The zero-order valence-electron chi connectivity index (χ0n) is 10.7. The van der Waals surface area contributed by atoms with Crippen molar-refractivity contribution in [3.63, 3.8) is 0 Å². The zero-order valence-corrected chi connectivity index (χ0v) is 10.7. The predicted molar refractivity (Wildman–Crippen MR) is 76.2 cm³/mol. The van der Waals surface area contributed by atoms with Crippen molar-refractivity contribution in [2.75, 3.05) is 7.11 Å². The first-order valence-electron chi connectivity index (χ1n) is 6.01. The van der Waals surface area contributed by atoms with Gasteiger partial charge in [0.2, 0.25) is 0 Å². The highest BCUT2D eigenvalue weighted by molar-refractivity contribution is 5.59. The minimum absolute atomic E-state index is 0.170. The standard InChI is InChI=1S/C16H16O3/c1-19-16-10-13(9-15(18)11-16)6-5-12-3-2-4-14(17)8-7-12/h3-11,17-18H,2H2,1H3/b6-5-. The second-order valence-electron chi connectivity index (χ2n) is 4.20. The van der Waals surface area contributed by atoms with Crippen LogP contribution in [0.15, 0.2) is 59.9 Å². The van der Waals surface area contributed by atoms with E-state index in [0.717, 1.165) is 11.1 Å². The molecule has 0 amide bonds. The van der Waals surface area contributed by atoms with E-state index in [0.29, 0.717) is 12.2 Å². The van der Waals surface area contributed by atoms with Gasteiger partial charge in [-0.15, -0.1) is 0 Å². The van der Waals surface area contributed by atoms with Gasteiger partial charge in [0.05, 0.1) is 7.11 Å². The number of phenolic OH excluding ortho intramolecular Hbond substituents is 1. The van der Waals surface area contributed by atoms with Gasteiger partial charge in [-0.25, -0.2) is 0 Å². The van der Waals surface area contributed by atoms with Gasteiger partial charge in [0.15, 0.2) is 0 Å². The lowest BCUT2D eigenvalue weighted by atomic mass is 10.1. The summed E-state index contributed by atoms with van der Waals surface area (Å²) in [7, 11) is 1.56. The highest BCUT2D eigenvalue weighted by Crippen LogP contribution is 2.23. The number of rotatable bonds is 3. The average molecular weight is 256 g/mol. The minimum Gasteiger partial charge on any atom is -0.508 e. The molecule has 3 heteroatoms. The maximum Gasteiger partial charge on any atom is 0.123 e. The van der Waals surface area contributed by atoms with E-state index >= 15 is 0 Å². The van der Waals surface area contributed by atoms with Crippen LogP contribution in [-0.2, 0) is 0 Å². The summed E-state index contributed by atoms with van der Waals surface area (Å²) in [6.45, 7) is 0. The Bertz CT molecular complexity index is 578. The number of hydrogen-bond acceptors (Lipinski definition) is 3. The summed E-state index contributed by atoms with van der Waals surface area (Å²) in [5, 5.41) is 18.9. The van der Waals surface area contributed by atoms with Crippen molar-refractivity contribution in [3.8, 4) is 11.5 Å². The molecule has 1 aliphatic rings. The van der Waals surface area contributed by atoms with E-state index in [1.54, 1.807) is 31.4 Å². The largest absolute Gasteiger partial charge is 0.508 e. The molecule has 1 aliphatic carbocycles. The first kappa shape index (κ1) is 13.0. The van der Waals surface area contributed by atoms with Gasteiger partial charge in [0, 0.05) is 6.07 Å². The smallest absolute Gasteiger partial charge is 0.123 e. The number of ether oxygens (including phenoxy) is 1. The molecular formula is C16H16O3. The Labute approximate surface area is 112 Å². The van der Waals surface area contributed by atoms with Crippen LogP contribution in [0.1, 0.15) is 12.0 Å². The number of aliphatic hydroxyl groups excluding tert-OH is 1. The molecule has 0 saturated heterocycles. The predicted octanol–water partition coefficient (Wildman–Crippen LogP) is 3.74. The lowest BCUT2D eigenvalue weighted by Gasteiger charge is -2.02. The van der Waals surface area contributed by atoms with Crippen LogP contribution in [0.25, 0.3) is 6.08 Å². The number of methoxy groups -OCH3 is 1. The highest BCUT2D eigenvalue weighted by Gasteiger charge is 1.98. The molecule has 1 aromatic carbocycles. The van der Waals surface area contributed by atoms with Crippen LogP contribution in [0.4, 0.5) is 0 Å². The van der Waals surface area contributed by atoms with E-state index in [2.05, 4.69) is 0 Å². The molecule has 19 heavy (non-hydrogen) atoms. The second kappa shape index (κ2) is 5.96. The molecule has 0 aromatic heterocycles. The summed E-state index contributed by atoms with van der Waals surface area (Å²) in [5.41, 5.74) is 1.86. The molecule has 0 radical (unpaired) electrons. The molecule has 0 aliphatic heterocycles. The molecule has 3 nitrogen and oxygen atoms in total. The van der Waals surface area contributed by atoms with Crippen LogP contribution in [0.3, 0.4) is 0 Å². The fourth-order valence-corrected chi connectivity index (χ4v) is 1.77. The van der Waals surface area contributed by atoms with Crippen molar-refractivity contribution >= 4 is 6.08 Å². The van der Waals surface area contributed by atoms with Gasteiger partial charge in [-0.3, -0.25) is 0 Å². The SMILES string of the molecule is COc1cc(O)cc(/C=C\C2=CCC=C(O)C=C2)c1. The van der Waals surface area contributed by atoms with Crippen molar-refractivity contribution in [1.82, 2.24) is 0 Å². The summed E-state index contributed by atoms with van der Waals surface area (Å²) >= 11 is 0. The molecule has 98 valence electrons. The number of aromatic hydroxyl groups is 1. The first-order chi connectivity index (χ1) is 9.17. The van der Waals surface area contributed by atoms with Gasteiger partial charge < -0.3 is 14.9 Å². The summed E-state index contributed by atoms with van der Waals surface area (Å²) < 4.78 is 5.10. The Kier molecular flexibility index (Phi) is 4.08. The van der Waals surface area contributed by atoms with Gasteiger partial charge in [0.25, 0.3) is 0 Å². The summed E-state index contributed by atoms with van der Waals surface area (Å²) in [6, 6.07) is 5.06. The molecule has 1 aromatic rings. The van der Waals surface area contributed by atoms with Crippen molar-refractivity contribution in [1.29, 1.82) is 0 Å². The summed E-state index contributed by atoms with van der Waals surface area (Å²) in [4.78, 5) is 0. The van der Waals surface area contributed by atoms with Crippen molar-refractivity contribution < 1.29 is 14.9 Å². The van der Waals surface area contributed by atoms with E-state index in [1.165, 1.54) is 0 Å².